The predicted octanol–water partition coefficient (Wildman–Crippen LogP) is 5.86. The minimum Gasteiger partial charge on any atom is -0.416 e. The Morgan fingerprint density at radius 1 is 0.938 bits per heavy atom. The van der Waals surface area contributed by atoms with Crippen molar-refractivity contribution < 1.29 is 9.21 Å². The maximum atomic E-state index is 13.2. The molecular weight excluding hydrogens is 398 g/mol. The lowest BCUT2D eigenvalue weighted by Crippen LogP contribution is -2.33. The van der Waals surface area contributed by atoms with Gasteiger partial charge in [0.2, 0.25) is 11.8 Å². The van der Waals surface area contributed by atoms with Crippen molar-refractivity contribution in [3.8, 4) is 22.9 Å². The third-order valence-electron chi connectivity index (χ3n) is 6.30. The topological polar surface area (TPSA) is 59.2 Å². The third-order valence-corrected chi connectivity index (χ3v) is 6.30. The number of carbonyl (C=O) groups is 1. The largest absolute Gasteiger partial charge is 0.416 e. The fraction of sp³-hybridized carbons (Fsp3) is 0.222. The van der Waals surface area contributed by atoms with E-state index in [1.165, 1.54) is 11.1 Å². The summed E-state index contributed by atoms with van der Waals surface area (Å²) in [6.07, 6.45) is 3.16. The average molecular weight is 424 g/mol. The van der Waals surface area contributed by atoms with Gasteiger partial charge in [-0.15, -0.1) is 10.2 Å². The molecule has 1 amide bonds. The molecule has 1 aliphatic rings. The van der Waals surface area contributed by atoms with Crippen LogP contribution in [0.2, 0.25) is 0 Å². The molecule has 5 rings (SSSR count). The van der Waals surface area contributed by atoms with E-state index < -0.39 is 0 Å². The highest BCUT2D eigenvalue weighted by Gasteiger charge is 2.27. The van der Waals surface area contributed by atoms with Gasteiger partial charge >= 0.3 is 0 Å². The second kappa shape index (κ2) is 8.42. The molecule has 0 aliphatic heterocycles. The molecule has 1 heterocycles. The van der Waals surface area contributed by atoms with Gasteiger partial charge in [-0.3, -0.25) is 4.79 Å². The number of aromatic nitrogens is 2. The molecule has 1 unspecified atom stereocenters. The highest BCUT2D eigenvalue weighted by atomic mass is 16.4. The van der Waals surface area contributed by atoms with Gasteiger partial charge in [-0.05, 0) is 73.2 Å². The number of hydrogen-bond acceptors (Lipinski definition) is 4. The van der Waals surface area contributed by atoms with Crippen molar-refractivity contribution in [3.05, 3.63) is 95.1 Å². The Bertz CT molecular complexity index is 1260. The van der Waals surface area contributed by atoms with Crippen LogP contribution >= 0.6 is 0 Å². The Labute approximate surface area is 187 Å². The van der Waals surface area contributed by atoms with Gasteiger partial charge in [0.15, 0.2) is 0 Å². The van der Waals surface area contributed by atoms with Crippen LogP contribution in [0.1, 0.15) is 45.9 Å². The van der Waals surface area contributed by atoms with E-state index in [4.69, 9.17) is 4.42 Å². The van der Waals surface area contributed by atoms with E-state index >= 15 is 0 Å². The zero-order valence-electron chi connectivity index (χ0n) is 18.3. The summed E-state index contributed by atoms with van der Waals surface area (Å²) in [5.74, 6) is 0.954. The monoisotopic (exact) mass is 423 g/mol. The number of fused-ring (bicyclic) bond motifs is 1. The first kappa shape index (κ1) is 20.2. The fourth-order valence-corrected chi connectivity index (χ4v) is 4.49. The van der Waals surface area contributed by atoms with Gasteiger partial charge < -0.3 is 9.32 Å². The maximum absolute atomic E-state index is 13.2. The SMILES string of the molecule is Cc1ccccc1-c1nnc(-c2ccc(C(=O)N(C)C3CCCc4ccccc43)cc2)o1. The summed E-state index contributed by atoms with van der Waals surface area (Å²) >= 11 is 0. The quantitative estimate of drug-likeness (QED) is 0.412. The molecular formula is C27H25N3O2. The smallest absolute Gasteiger partial charge is 0.254 e. The summed E-state index contributed by atoms with van der Waals surface area (Å²) in [7, 11) is 1.90. The van der Waals surface area contributed by atoms with Crippen LogP contribution in [0.4, 0.5) is 0 Å². The number of benzene rings is 3. The van der Waals surface area contributed by atoms with Gasteiger partial charge in [-0.2, -0.15) is 0 Å². The van der Waals surface area contributed by atoms with E-state index in [1.807, 2.05) is 67.4 Å². The molecule has 0 saturated carbocycles. The minimum atomic E-state index is 0.0179. The minimum absolute atomic E-state index is 0.0179. The summed E-state index contributed by atoms with van der Waals surface area (Å²) in [5.41, 5.74) is 6.06. The lowest BCUT2D eigenvalue weighted by atomic mass is 9.87. The van der Waals surface area contributed by atoms with Crippen molar-refractivity contribution in [2.45, 2.75) is 32.2 Å². The Kier molecular flexibility index (Phi) is 5.31. The molecule has 0 fully saturated rings. The second-order valence-corrected chi connectivity index (χ2v) is 8.33. The van der Waals surface area contributed by atoms with E-state index in [0.29, 0.717) is 17.3 Å². The normalized spacial score (nSPS) is 15.2. The van der Waals surface area contributed by atoms with Crippen LogP contribution in [-0.4, -0.2) is 28.1 Å². The molecule has 0 radical (unpaired) electrons. The van der Waals surface area contributed by atoms with Crippen molar-refractivity contribution in [3.63, 3.8) is 0 Å². The summed E-state index contributed by atoms with van der Waals surface area (Å²) in [6, 6.07) is 23.9. The molecule has 160 valence electrons. The van der Waals surface area contributed by atoms with Gasteiger partial charge in [0.25, 0.3) is 5.91 Å². The van der Waals surface area contributed by atoms with E-state index in [-0.39, 0.29) is 11.9 Å². The number of carbonyl (C=O) groups excluding carboxylic acids is 1. The van der Waals surface area contributed by atoms with Crippen LogP contribution < -0.4 is 0 Å². The number of rotatable bonds is 4. The average Bonchev–Trinajstić information content (AvgIpc) is 3.33. The number of amides is 1. The Morgan fingerprint density at radius 3 is 2.47 bits per heavy atom. The summed E-state index contributed by atoms with van der Waals surface area (Å²) in [4.78, 5) is 15.1. The van der Waals surface area contributed by atoms with Crippen LogP contribution in [0.5, 0.6) is 0 Å². The lowest BCUT2D eigenvalue weighted by Gasteiger charge is -2.33. The van der Waals surface area contributed by atoms with Crippen molar-refractivity contribution >= 4 is 5.91 Å². The van der Waals surface area contributed by atoms with E-state index in [2.05, 4.69) is 34.5 Å². The zero-order valence-corrected chi connectivity index (χ0v) is 18.3. The second-order valence-electron chi connectivity index (χ2n) is 8.33. The highest BCUT2D eigenvalue weighted by molar-refractivity contribution is 5.94. The molecule has 0 saturated heterocycles. The van der Waals surface area contributed by atoms with E-state index in [0.717, 1.165) is 36.0 Å². The van der Waals surface area contributed by atoms with Gasteiger partial charge in [0.1, 0.15) is 0 Å². The fourth-order valence-electron chi connectivity index (χ4n) is 4.49. The first-order valence-corrected chi connectivity index (χ1v) is 11.0. The summed E-state index contributed by atoms with van der Waals surface area (Å²) < 4.78 is 5.90. The van der Waals surface area contributed by atoms with E-state index in [1.54, 1.807) is 0 Å². The molecule has 0 bridgehead atoms. The van der Waals surface area contributed by atoms with Crippen molar-refractivity contribution in [2.24, 2.45) is 0 Å². The number of hydrogen-bond donors (Lipinski definition) is 0. The third kappa shape index (κ3) is 3.71. The van der Waals surface area contributed by atoms with Crippen molar-refractivity contribution in [1.82, 2.24) is 15.1 Å². The van der Waals surface area contributed by atoms with Crippen LogP contribution in [0, 0.1) is 6.92 Å². The molecule has 5 nitrogen and oxygen atoms in total. The summed E-state index contributed by atoms with van der Waals surface area (Å²) in [5, 5.41) is 8.40. The Balaban J connectivity index is 1.35. The molecule has 3 aromatic carbocycles. The molecule has 1 atom stereocenters. The molecule has 1 aliphatic carbocycles. The highest BCUT2D eigenvalue weighted by Crippen LogP contribution is 2.34. The van der Waals surface area contributed by atoms with Crippen LogP contribution in [-0.2, 0) is 6.42 Å². The van der Waals surface area contributed by atoms with Crippen molar-refractivity contribution in [1.29, 1.82) is 0 Å². The van der Waals surface area contributed by atoms with Crippen LogP contribution in [0.3, 0.4) is 0 Å². The molecule has 1 aromatic heterocycles. The van der Waals surface area contributed by atoms with Crippen LogP contribution in [0.25, 0.3) is 22.9 Å². The first-order valence-electron chi connectivity index (χ1n) is 11.0. The number of nitrogens with zero attached hydrogens (tertiary/aromatic N) is 3. The van der Waals surface area contributed by atoms with E-state index in [9.17, 15) is 4.79 Å². The maximum Gasteiger partial charge on any atom is 0.254 e. The predicted molar refractivity (Wildman–Crippen MR) is 124 cm³/mol. The van der Waals surface area contributed by atoms with Gasteiger partial charge in [0, 0.05) is 23.7 Å². The van der Waals surface area contributed by atoms with Gasteiger partial charge in [0.05, 0.1) is 6.04 Å². The number of aryl methyl sites for hydroxylation is 2. The Hall–Kier alpha value is -3.73. The van der Waals surface area contributed by atoms with Gasteiger partial charge in [-0.25, -0.2) is 0 Å². The first-order chi connectivity index (χ1) is 15.6. The molecule has 0 N–H and O–H groups in total. The van der Waals surface area contributed by atoms with Crippen LogP contribution in [0.15, 0.2) is 77.2 Å². The molecule has 4 aromatic rings. The molecule has 5 heteroatoms. The summed E-state index contributed by atoms with van der Waals surface area (Å²) in [6.45, 7) is 2.01. The van der Waals surface area contributed by atoms with Gasteiger partial charge in [-0.1, -0.05) is 42.5 Å². The zero-order chi connectivity index (χ0) is 22.1. The Morgan fingerprint density at radius 2 is 1.66 bits per heavy atom. The molecule has 32 heavy (non-hydrogen) atoms. The van der Waals surface area contributed by atoms with Crippen molar-refractivity contribution in [2.75, 3.05) is 7.05 Å². The molecule has 0 spiro atoms. The lowest BCUT2D eigenvalue weighted by molar-refractivity contribution is 0.0715. The standard InChI is InChI=1S/C27H25N3O2/c1-18-8-3-5-11-22(18)26-29-28-25(32-26)20-14-16-21(17-15-20)27(31)30(2)24-13-7-10-19-9-4-6-12-23(19)24/h3-6,8-9,11-12,14-17,24H,7,10,13H2,1-2H3.